The van der Waals surface area contributed by atoms with Crippen LogP contribution in [-0.4, -0.2) is 23.5 Å². The second kappa shape index (κ2) is 7.06. The van der Waals surface area contributed by atoms with E-state index in [0.29, 0.717) is 5.69 Å². The summed E-state index contributed by atoms with van der Waals surface area (Å²) in [6, 6.07) is 8.72. The lowest BCUT2D eigenvalue weighted by Gasteiger charge is -2.18. The first-order chi connectivity index (χ1) is 8.65. The van der Waals surface area contributed by atoms with Crippen molar-refractivity contribution in [1.29, 1.82) is 0 Å². The van der Waals surface area contributed by atoms with Gasteiger partial charge in [-0.25, -0.2) is 0 Å². The number of hydrogen-bond acceptors (Lipinski definition) is 2. The van der Waals surface area contributed by atoms with Crippen molar-refractivity contribution in [3.63, 3.8) is 0 Å². The molecule has 4 nitrogen and oxygen atoms in total. The van der Waals surface area contributed by atoms with Crippen LogP contribution >= 0.6 is 0 Å². The van der Waals surface area contributed by atoms with Gasteiger partial charge in [0.2, 0.25) is 0 Å². The maximum atomic E-state index is 11.9. The predicted octanol–water partition coefficient (Wildman–Crippen LogP) is 2.24. The zero-order valence-electron chi connectivity index (χ0n) is 10.1. The zero-order chi connectivity index (χ0) is 13.4. The monoisotopic (exact) mass is 245 g/mol. The minimum absolute atomic E-state index is 0.358. The van der Waals surface area contributed by atoms with Crippen LogP contribution in [0.5, 0.6) is 0 Å². The number of allylic oxidation sites excluding steroid dienone is 3. The van der Waals surface area contributed by atoms with Gasteiger partial charge in [0, 0.05) is 11.8 Å². The predicted molar refractivity (Wildman–Crippen MR) is 70.4 cm³/mol. The Morgan fingerprint density at radius 1 is 1.22 bits per heavy atom. The topological polar surface area (TPSA) is 57.6 Å². The van der Waals surface area contributed by atoms with E-state index in [1.165, 1.54) is 11.0 Å². The number of carboxylic acids is 1. The number of amides is 1. The lowest BCUT2D eigenvalue weighted by Crippen LogP contribution is -2.34. The highest BCUT2D eigenvalue weighted by Crippen LogP contribution is 2.13. The Bertz CT molecular complexity index is 463. The molecule has 0 radical (unpaired) electrons. The third-order valence-electron chi connectivity index (χ3n) is 2.17. The van der Waals surface area contributed by atoms with Crippen molar-refractivity contribution in [3.8, 4) is 0 Å². The molecule has 1 amide bonds. The SMILES string of the molecule is C/C=C/C=C/C(=O)N(CC(=O)O)c1ccccc1. The van der Waals surface area contributed by atoms with Crippen molar-refractivity contribution in [2.24, 2.45) is 0 Å². The lowest BCUT2D eigenvalue weighted by molar-refractivity contribution is -0.136. The fourth-order valence-corrected chi connectivity index (χ4v) is 1.38. The minimum atomic E-state index is -1.05. The Labute approximate surface area is 106 Å². The molecular weight excluding hydrogens is 230 g/mol. The number of benzene rings is 1. The molecule has 0 aliphatic heterocycles. The van der Waals surface area contributed by atoms with E-state index < -0.39 is 5.97 Å². The lowest BCUT2D eigenvalue weighted by atomic mass is 10.2. The number of carbonyl (C=O) groups excluding carboxylic acids is 1. The second-order valence-corrected chi connectivity index (χ2v) is 3.54. The molecule has 1 N–H and O–H groups in total. The van der Waals surface area contributed by atoms with Crippen LogP contribution in [0.4, 0.5) is 5.69 Å². The first kappa shape index (κ1) is 13.7. The van der Waals surface area contributed by atoms with Gasteiger partial charge in [-0.05, 0) is 19.1 Å². The Morgan fingerprint density at radius 3 is 2.44 bits per heavy atom. The van der Waals surface area contributed by atoms with Gasteiger partial charge in [-0.15, -0.1) is 0 Å². The Hall–Kier alpha value is -2.36. The molecule has 0 aromatic heterocycles. The summed E-state index contributed by atoms with van der Waals surface area (Å²) in [5.74, 6) is -1.41. The number of nitrogens with zero attached hydrogens (tertiary/aromatic N) is 1. The molecule has 0 aliphatic rings. The van der Waals surface area contributed by atoms with Crippen molar-refractivity contribution in [1.82, 2.24) is 0 Å². The smallest absolute Gasteiger partial charge is 0.323 e. The van der Waals surface area contributed by atoms with Crippen LogP contribution in [0.3, 0.4) is 0 Å². The van der Waals surface area contributed by atoms with Crippen LogP contribution in [-0.2, 0) is 9.59 Å². The third-order valence-corrected chi connectivity index (χ3v) is 2.17. The minimum Gasteiger partial charge on any atom is -0.480 e. The molecule has 4 heteroatoms. The molecule has 0 bridgehead atoms. The standard InChI is InChI=1S/C14H15NO3/c1-2-3-5-10-13(16)15(11-14(17)18)12-8-6-4-7-9-12/h2-10H,11H2,1H3,(H,17,18)/b3-2+,10-5+. The first-order valence-corrected chi connectivity index (χ1v) is 5.53. The van der Waals surface area contributed by atoms with E-state index >= 15 is 0 Å². The van der Waals surface area contributed by atoms with Crippen molar-refractivity contribution in [3.05, 3.63) is 54.6 Å². The second-order valence-electron chi connectivity index (χ2n) is 3.54. The van der Waals surface area contributed by atoms with Gasteiger partial charge in [-0.3, -0.25) is 14.5 Å². The van der Waals surface area contributed by atoms with Crippen LogP contribution in [0.25, 0.3) is 0 Å². The van der Waals surface area contributed by atoms with Crippen molar-refractivity contribution >= 4 is 17.6 Å². The summed E-state index contributed by atoms with van der Waals surface area (Å²) in [6.45, 7) is 1.48. The number of carbonyl (C=O) groups is 2. The van der Waals surface area contributed by atoms with Crippen molar-refractivity contribution in [2.75, 3.05) is 11.4 Å². The van der Waals surface area contributed by atoms with Crippen LogP contribution < -0.4 is 4.90 Å². The summed E-state index contributed by atoms with van der Waals surface area (Å²) >= 11 is 0. The Balaban J connectivity index is 2.92. The number of anilines is 1. The van der Waals surface area contributed by atoms with Gasteiger partial charge in [-0.2, -0.15) is 0 Å². The van der Waals surface area contributed by atoms with Gasteiger partial charge in [0.15, 0.2) is 0 Å². The van der Waals surface area contributed by atoms with Gasteiger partial charge < -0.3 is 5.11 Å². The van der Waals surface area contributed by atoms with E-state index in [4.69, 9.17) is 5.11 Å². The summed E-state index contributed by atoms with van der Waals surface area (Å²) in [6.07, 6.45) is 6.42. The number of hydrogen-bond donors (Lipinski definition) is 1. The third kappa shape index (κ3) is 4.25. The summed E-state index contributed by atoms with van der Waals surface area (Å²) in [5.41, 5.74) is 0.565. The number of aliphatic carboxylic acids is 1. The molecule has 18 heavy (non-hydrogen) atoms. The summed E-state index contributed by atoms with van der Waals surface area (Å²) < 4.78 is 0. The molecular formula is C14H15NO3. The fourth-order valence-electron chi connectivity index (χ4n) is 1.38. The highest BCUT2D eigenvalue weighted by atomic mass is 16.4. The summed E-state index contributed by atoms with van der Waals surface area (Å²) in [4.78, 5) is 23.9. The number of para-hydroxylation sites is 1. The molecule has 0 fully saturated rings. The van der Waals surface area contributed by atoms with Crippen LogP contribution in [0.1, 0.15) is 6.92 Å². The van der Waals surface area contributed by atoms with Crippen LogP contribution in [0.15, 0.2) is 54.6 Å². The normalized spacial score (nSPS) is 10.9. The van der Waals surface area contributed by atoms with Gasteiger partial charge in [0.25, 0.3) is 5.91 Å². The van der Waals surface area contributed by atoms with Gasteiger partial charge in [0.05, 0.1) is 0 Å². The molecule has 1 aromatic rings. The number of rotatable bonds is 5. The highest BCUT2D eigenvalue weighted by Gasteiger charge is 2.15. The largest absolute Gasteiger partial charge is 0.480 e. The van der Waals surface area contributed by atoms with Crippen molar-refractivity contribution < 1.29 is 14.7 Å². The maximum absolute atomic E-state index is 11.9. The van der Waals surface area contributed by atoms with E-state index in [-0.39, 0.29) is 12.5 Å². The van der Waals surface area contributed by atoms with E-state index in [2.05, 4.69) is 0 Å². The Kier molecular flexibility index (Phi) is 5.38. The Morgan fingerprint density at radius 2 is 1.89 bits per heavy atom. The fraction of sp³-hybridized carbons (Fsp3) is 0.143. The highest BCUT2D eigenvalue weighted by molar-refractivity contribution is 6.04. The molecule has 0 spiro atoms. The molecule has 0 saturated heterocycles. The molecule has 0 saturated carbocycles. The van der Waals surface area contributed by atoms with E-state index in [9.17, 15) is 9.59 Å². The zero-order valence-corrected chi connectivity index (χ0v) is 10.1. The molecule has 0 heterocycles. The van der Waals surface area contributed by atoms with Crippen molar-refractivity contribution in [2.45, 2.75) is 6.92 Å². The molecule has 0 aliphatic carbocycles. The van der Waals surface area contributed by atoms with Crippen LogP contribution in [0.2, 0.25) is 0 Å². The van der Waals surface area contributed by atoms with Gasteiger partial charge in [0.1, 0.15) is 6.54 Å². The quantitative estimate of drug-likeness (QED) is 0.639. The molecule has 94 valence electrons. The average molecular weight is 245 g/mol. The van der Waals surface area contributed by atoms with Gasteiger partial charge >= 0.3 is 5.97 Å². The molecule has 1 aromatic carbocycles. The van der Waals surface area contributed by atoms with E-state index in [1.807, 2.05) is 13.0 Å². The van der Waals surface area contributed by atoms with Crippen LogP contribution in [0, 0.1) is 0 Å². The summed E-state index contributed by atoms with van der Waals surface area (Å²) in [5, 5.41) is 8.83. The maximum Gasteiger partial charge on any atom is 0.323 e. The summed E-state index contributed by atoms with van der Waals surface area (Å²) in [7, 11) is 0. The first-order valence-electron chi connectivity index (χ1n) is 5.53. The van der Waals surface area contributed by atoms with Gasteiger partial charge in [-0.1, -0.05) is 36.4 Å². The van der Waals surface area contributed by atoms with E-state index in [0.717, 1.165) is 0 Å². The molecule has 0 atom stereocenters. The van der Waals surface area contributed by atoms with E-state index in [1.54, 1.807) is 42.5 Å². The molecule has 0 unspecified atom stereocenters. The molecule has 1 rings (SSSR count). The average Bonchev–Trinajstić information content (AvgIpc) is 2.37. The number of carboxylic acid groups (broad SMARTS) is 1.